The van der Waals surface area contributed by atoms with E-state index in [0.717, 1.165) is 12.5 Å². The predicted molar refractivity (Wildman–Crippen MR) is 62.4 cm³/mol. The second kappa shape index (κ2) is 7.43. The van der Waals surface area contributed by atoms with Gasteiger partial charge >= 0.3 is 12.0 Å². The molecule has 0 aromatic heterocycles. The van der Waals surface area contributed by atoms with Crippen LogP contribution < -0.4 is 5.32 Å². The highest BCUT2D eigenvalue weighted by Crippen LogP contribution is 2.00. The lowest BCUT2D eigenvalue weighted by Crippen LogP contribution is -2.40. The van der Waals surface area contributed by atoms with Gasteiger partial charge in [0, 0.05) is 25.7 Å². The SMILES string of the molecule is CC(C)CCN(C)C(=O)NC(=O)/C=C/C(=O)O. The lowest BCUT2D eigenvalue weighted by atomic mass is 10.1. The van der Waals surface area contributed by atoms with Gasteiger partial charge in [-0.3, -0.25) is 10.1 Å². The minimum atomic E-state index is -1.24. The molecular weight excluding hydrogens is 224 g/mol. The van der Waals surface area contributed by atoms with Crippen molar-refractivity contribution in [3.8, 4) is 0 Å². The molecule has 0 bridgehead atoms. The topological polar surface area (TPSA) is 86.7 Å². The van der Waals surface area contributed by atoms with Crippen LogP contribution in [0.2, 0.25) is 0 Å². The van der Waals surface area contributed by atoms with Gasteiger partial charge in [0.2, 0.25) is 0 Å². The van der Waals surface area contributed by atoms with E-state index in [9.17, 15) is 14.4 Å². The molecule has 0 aliphatic heterocycles. The second-order valence-corrected chi connectivity index (χ2v) is 4.07. The zero-order chi connectivity index (χ0) is 13.4. The Kier molecular flexibility index (Phi) is 6.62. The van der Waals surface area contributed by atoms with Crippen molar-refractivity contribution in [2.45, 2.75) is 20.3 Å². The summed E-state index contributed by atoms with van der Waals surface area (Å²) >= 11 is 0. The van der Waals surface area contributed by atoms with Crippen LogP contribution in [0.4, 0.5) is 4.79 Å². The maximum absolute atomic E-state index is 11.4. The molecule has 0 heterocycles. The molecule has 6 nitrogen and oxygen atoms in total. The molecule has 0 saturated heterocycles. The average molecular weight is 242 g/mol. The highest BCUT2D eigenvalue weighted by atomic mass is 16.4. The summed E-state index contributed by atoms with van der Waals surface area (Å²) in [4.78, 5) is 34.0. The molecule has 0 rings (SSSR count). The maximum atomic E-state index is 11.4. The average Bonchev–Trinajstić information content (AvgIpc) is 2.22. The first-order valence-electron chi connectivity index (χ1n) is 5.30. The molecule has 0 aliphatic carbocycles. The Labute approximate surface area is 100 Å². The summed E-state index contributed by atoms with van der Waals surface area (Å²) in [6.45, 7) is 4.61. The van der Waals surface area contributed by atoms with Crippen molar-refractivity contribution in [3.05, 3.63) is 12.2 Å². The Balaban J connectivity index is 4.07. The molecule has 0 aromatic carbocycles. The Bertz CT molecular complexity index is 323. The van der Waals surface area contributed by atoms with Crippen LogP contribution in [0.1, 0.15) is 20.3 Å². The third-order valence-corrected chi connectivity index (χ3v) is 2.00. The minimum absolute atomic E-state index is 0.466. The van der Waals surface area contributed by atoms with Crippen molar-refractivity contribution >= 4 is 17.9 Å². The molecule has 96 valence electrons. The van der Waals surface area contributed by atoms with Crippen LogP contribution in [0.25, 0.3) is 0 Å². The van der Waals surface area contributed by atoms with Crippen molar-refractivity contribution in [3.63, 3.8) is 0 Å². The number of urea groups is 1. The first-order valence-corrected chi connectivity index (χ1v) is 5.30. The number of hydrogen-bond donors (Lipinski definition) is 2. The van der Waals surface area contributed by atoms with E-state index < -0.39 is 17.9 Å². The van der Waals surface area contributed by atoms with Gasteiger partial charge < -0.3 is 10.0 Å². The number of carboxylic acids is 1. The smallest absolute Gasteiger partial charge is 0.328 e. The van der Waals surface area contributed by atoms with Crippen molar-refractivity contribution in [1.29, 1.82) is 0 Å². The minimum Gasteiger partial charge on any atom is -0.478 e. The molecular formula is C11H18N2O4. The fraction of sp³-hybridized carbons (Fsp3) is 0.545. The van der Waals surface area contributed by atoms with Gasteiger partial charge in [-0.2, -0.15) is 0 Å². The molecule has 0 atom stereocenters. The van der Waals surface area contributed by atoms with Gasteiger partial charge in [-0.15, -0.1) is 0 Å². The number of carboxylic acid groups (broad SMARTS) is 1. The van der Waals surface area contributed by atoms with E-state index in [1.54, 1.807) is 7.05 Å². The number of rotatable bonds is 5. The van der Waals surface area contributed by atoms with E-state index in [2.05, 4.69) is 5.32 Å². The first kappa shape index (κ1) is 15.2. The van der Waals surface area contributed by atoms with Crippen LogP contribution >= 0.6 is 0 Å². The largest absolute Gasteiger partial charge is 0.478 e. The number of aliphatic carboxylic acids is 1. The molecule has 0 aliphatic rings. The lowest BCUT2D eigenvalue weighted by Gasteiger charge is -2.17. The highest BCUT2D eigenvalue weighted by Gasteiger charge is 2.11. The summed E-state index contributed by atoms with van der Waals surface area (Å²) in [6.07, 6.45) is 2.32. The lowest BCUT2D eigenvalue weighted by molar-refractivity contribution is -0.131. The number of carbonyl (C=O) groups excluding carboxylic acids is 2. The molecule has 6 heteroatoms. The quantitative estimate of drug-likeness (QED) is 0.699. The van der Waals surface area contributed by atoms with E-state index in [1.807, 2.05) is 13.8 Å². The van der Waals surface area contributed by atoms with Crippen LogP contribution in [0.5, 0.6) is 0 Å². The standard InChI is InChI=1S/C11H18N2O4/c1-8(2)6-7-13(3)11(17)12-9(14)4-5-10(15)16/h4-5,8H,6-7H2,1-3H3,(H,15,16)(H,12,14,17)/b5-4+. The maximum Gasteiger partial charge on any atom is 0.328 e. The van der Waals surface area contributed by atoms with Crippen molar-refractivity contribution in [2.75, 3.05) is 13.6 Å². The van der Waals surface area contributed by atoms with Gasteiger partial charge in [0.1, 0.15) is 0 Å². The number of carbonyl (C=O) groups is 3. The zero-order valence-corrected chi connectivity index (χ0v) is 10.3. The van der Waals surface area contributed by atoms with Gasteiger partial charge in [-0.05, 0) is 12.3 Å². The summed E-state index contributed by atoms with van der Waals surface area (Å²) in [7, 11) is 1.58. The number of nitrogens with one attached hydrogen (secondary N) is 1. The van der Waals surface area contributed by atoms with Gasteiger partial charge in [0.25, 0.3) is 5.91 Å². The van der Waals surface area contributed by atoms with Crippen molar-refractivity contribution in [2.24, 2.45) is 5.92 Å². The molecule has 2 N–H and O–H groups in total. The number of hydrogen-bond acceptors (Lipinski definition) is 3. The molecule has 0 radical (unpaired) electrons. The molecule has 0 spiro atoms. The third kappa shape index (κ3) is 8.01. The summed E-state index contributed by atoms with van der Waals surface area (Å²) in [5.74, 6) is -1.51. The highest BCUT2D eigenvalue weighted by molar-refractivity contribution is 6.02. The Morgan fingerprint density at radius 3 is 2.35 bits per heavy atom. The van der Waals surface area contributed by atoms with E-state index in [1.165, 1.54) is 4.90 Å². The van der Waals surface area contributed by atoms with Crippen LogP contribution in [0, 0.1) is 5.92 Å². The second-order valence-electron chi connectivity index (χ2n) is 4.07. The third-order valence-electron chi connectivity index (χ3n) is 2.00. The van der Waals surface area contributed by atoms with Crippen molar-refractivity contribution < 1.29 is 19.5 Å². The van der Waals surface area contributed by atoms with E-state index >= 15 is 0 Å². The number of nitrogens with zero attached hydrogens (tertiary/aromatic N) is 1. The summed E-state index contributed by atoms with van der Waals surface area (Å²) in [5.41, 5.74) is 0. The molecule has 0 aromatic rings. The molecule has 3 amide bonds. The van der Waals surface area contributed by atoms with Gasteiger partial charge in [0.15, 0.2) is 0 Å². The monoisotopic (exact) mass is 242 g/mol. The van der Waals surface area contributed by atoms with Crippen LogP contribution in [-0.4, -0.2) is 41.5 Å². The Morgan fingerprint density at radius 1 is 1.29 bits per heavy atom. The van der Waals surface area contributed by atoms with Crippen LogP contribution in [0.15, 0.2) is 12.2 Å². The molecule has 17 heavy (non-hydrogen) atoms. The summed E-state index contributed by atoms with van der Waals surface area (Å²) in [5, 5.41) is 10.3. The summed E-state index contributed by atoms with van der Waals surface area (Å²) in [6, 6.07) is -0.536. The fourth-order valence-corrected chi connectivity index (χ4v) is 0.943. The molecule has 0 fully saturated rings. The van der Waals surface area contributed by atoms with Gasteiger partial charge in [-0.1, -0.05) is 13.8 Å². The predicted octanol–water partition coefficient (Wildman–Crippen LogP) is 0.841. The van der Waals surface area contributed by atoms with Crippen molar-refractivity contribution in [1.82, 2.24) is 10.2 Å². The van der Waals surface area contributed by atoms with E-state index in [-0.39, 0.29) is 0 Å². The van der Waals surface area contributed by atoms with Crippen LogP contribution in [0.3, 0.4) is 0 Å². The normalized spacial score (nSPS) is 10.6. The summed E-state index contributed by atoms with van der Waals surface area (Å²) < 4.78 is 0. The van der Waals surface area contributed by atoms with Gasteiger partial charge in [0.05, 0.1) is 0 Å². The number of imide groups is 1. The van der Waals surface area contributed by atoms with Gasteiger partial charge in [-0.25, -0.2) is 9.59 Å². The fourth-order valence-electron chi connectivity index (χ4n) is 0.943. The number of amides is 3. The van der Waals surface area contributed by atoms with E-state index in [0.29, 0.717) is 18.5 Å². The molecule has 0 unspecified atom stereocenters. The first-order chi connectivity index (χ1) is 7.82. The zero-order valence-electron chi connectivity index (χ0n) is 10.3. The van der Waals surface area contributed by atoms with Crippen LogP contribution in [-0.2, 0) is 9.59 Å². The van der Waals surface area contributed by atoms with E-state index in [4.69, 9.17) is 5.11 Å². The Morgan fingerprint density at radius 2 is 1.88 bits per heavy atom. The molecule has 0 saturated carbocycles. The Hall–Kier alpha value is -1.85.